The van der Waals surface area contributed by atoms with Crippen molar-refractivity contribution in [1.29, 1.82) is 0 Å². The summed E-state index contributed by atoms with van der Waals surface area (Å²) in [6.07, 6.45) is 3.66. The van der Waals surface area contributed by atoms with Crippen LogP contribution in [0.2, 0.25) is 5.02 Å². The highest BCUT2D eigenvalue weighted by molar-refractivity contribution is 6.30. The first kappa shape index (κ1) is 15.1. The summed E-state index contributed by atoms with van der Waals surface area (Å²) in [5, 5.41) is 2.89. The minimum atomic E-state index is -0.512. The molecule has 0 unspecified atom stereocenters. The van der Waals surface area contributed by atoms with Gasteiger partial charge in [-0.1, -0.05) is 11.6 Å². The molecule has 1 aromatic rings. The molecule has 6 heteroatoms. The number of rotatable bonds is 4. The van der Waals surface area contributed by atoms with Crippen molar-refractivity contribution in [3.63, 3.8) is 0 Å². The molecule has 1 aliphatic rings. The monoisotopic (exact) mass is 300 g/mol. The molecule has 0 atom stereocenters. The van der Waals surface area contributed by atoms with Crippen molar-refractivity contribution in [3.8, 4) is 5.75 Å². The van der Waals surface area contributed by atoms with Crippen LogP contribution in [0.4, 0.5) is 4.39 Å². The molecular weight excluding hydrogens is 283 g/mol. The van der Waals surface area contributed by atoms with Crippen molar-refractivity contribution in [1.82, 2.24) is 5.32 Å². The molecule has 1 saturated carbocycles. The van der Waals surface area contributed by atoms with Crippen LogP contribution in [-0.4, -0.2) is 24.6 Å². The van der Waals surface area contributed by atoms with Crippen LogP contribution in [0.15, 0.2) is 18.2 Å². The second kappa shape index (κ2) is 6.90. The van der Waals surface area contributed by atoms with Crippen LogP contribution in [0, 0.1) is 5.82 Å². The van der Waals surface area contributed by atoms with E-state index < -0.39 is 5.82 Å². The summed E-state index contributed by atoms with van der Waals surface area (Å²) in [5.41, 5.74) is 5.81. The summed E-state index contributed by atoms with van der Waals surface area (Å²) in [7, 11) is 0. The Balaban J connectivity index is 1.76. The fourth-order valence-corrected chi connectivity index (χ4v) is 2.42. The summed E-state index contributed by atoms with van der Waals surface area (Å²) >= 11 is 5.63. The fraction of sp³-hybridized carbons (Fsp3) is 0.500. The number of amides is 1. The van der Waals surface area contributed by atoms with E-state index in [-0.39, 0.29) is 29.6 Å². The standard InChI is InChI=1S/C14H18ClFN2O2/c15-12-7-11(5-6-13(12)16)20-8-14(19)18-10-3-1-9(17)2-4-10/h5-7,9-10H,1-4,8,17H2,(H,18,19)/t9-,10-. The molecule has 1 amide bonds. The van der Waals surface area contributed by atoms with Gasteiger partial charge in [-0.3, -0.25) is 4.79 Å². The van der Waals surface area contributed by atoms with Crippen LogP contribution in [0.25, 0.3) is 0 Å². The van der Waals surface area contributed by atoms with E-state index in [1.165, 1.54) is 18.2 Å². The van der Waals surface area contributed by atoms with Crippen molar-refractivity contribution < 1.29 is 13.9 Å². The predicted molar refractivity (Wildman–Crippen MR) is 75.3 cm³/mol. The molecular formula is C14H18ClFN2O2. The third-order valence-corrected chi connectivity index (χ3v) is 3.69. The highest BCUT2D eigenvalue weighted by atomic mass is 35.5. The quantitative estimate of drug-likeness (QED) is 0.896. The first-order valence-corrected chi connectivity index (χ1v) is 7.05. The van der Waals surface area contributed by atoms with Gasteiger partial charge in [-0.2, -0.15) is 0 Å². The van der Waals surface area contributed by atoms with Crippen LogP contribution < -0.4 is 15.8 Å². The highest BCUT2D eigenvalue weighted by Gasteiger charge is 2.20. The predicted octanol–water partition coefficient (Wildman–Crippen LogP) is 2.24. The molecule has 2 rings (SSSR count). The number of hydrogen-bond acceptors (Lipinski definition) is 3. The molecule has 0 aliphatic heterocycles. The number of carbonyl (C=O) groups is 1. The Kier molecular flexibility index (Phi) is 5.20. The van der Waals surface area contributed by atoms with Gasteiger partial charge in [-0.05, 0) is 37.8 Å². The lowest BCUT2D eigenvalue weighted by Crippen LogP contribution is -2.42. The minimum absolute atomic E-state index is 0.0239. The van der Waals surface area contributed by atoms with Crippen LogP contribution in [0.1, 0.15) is 25.7 Å². The number of ether oxygens (including phenoxy) is 1. The van der Waals surface area contributed by atoms with Gasteiger partial charge in [0, 0.05) is 18.2 Å². The molecule has 3 N–H and O–H groups in total. The summed E-state index contributed by atoms with van der Waals surface area (Å²) in [4.78, 5) is 11.7. The first-order chi connectivity index (χ1) is 9.54. The van der Waals surface area contributed by atoms with Crippen LogP contribution in [0.3, 0.4) is 0 Å². The van der Waals surface area contributed by atoms with Gasteiger partial charge in [0.1, 0.15) is 11.6 Å². The van der Waals surface area contributed by atoms with Gasteiger partial charge in [-0.25, -0.2) is 4.39 Å². The Labute approximate surface area is 122 Å². The Morgan fingerprint density at radius 2 is 2.10 bits per heavy atom. The summed E-state index contributed by atoms with van der Waals surface area (Å²) in [6.45, 7) is -0.107. The third kappa shape index (κ3) is 4.35. The number of halogens is 2. The molecule has 0 radical (unpaired) electrons. The van der Waals surface area contributed by atoms with E-state index in [4.69, 9.17) is 22.1 Å². The Bertz CT molecular complexity index is 476. The number of carbonyl (C=O) groups excluding carboxylic acids is 1. The topological polar surface area (TPSA) is 64.3 Å². The molecule has 1 aliphatic carbocycles. The Morgan fingerprint density at radius 3 is 2.75 bits per heavy atom. The van der Waals surface area contributed by atoms with E-state index in [0.29, 0.717) is 5.75 Å². The lowest BCUT2D eigenvalue weighted by Gasteiger charge is -2.26. The van der Waals surface area contributed by atoms with E-state index in [9.17, 15) is 9.18 Å². The molecule has 0 bridgehead atoms. The van der Waals surface area contributed by atoms with Crippen molar-refractivity contribution in [3.05, 3.63) is 29.0 Å². The van der Waals surface area contributed by atoms with Crippen LogP contribution in [-0.2, 0) is 4.79 Å². The maximum Gasteiger partial charge on any atom is 0.258 e. The Hall–Kier alpha value is -1.33. The Morgan fingerprint density at radius 1 is 1.40 bits per heavy atom. The number of nitrogens with two attached hydrogens (primary N) is 1. The normalized spacial score (nSPS) is 22.4. The summed E-state index contributed by atoms with van der Waals surface area (Å²) in [5.74, 6) is -0.329. The zero-order chi connectivity index (χ0) is 14.5. The minimum Gasteiger partial charge on any atom is -0.484 e. The van der Waals surface area contributed by atoms with E-state index in [2.05, 4.69) is 5.32 Å². The molecule has 20 heavy (non-hydrogen) atoms. The van der Waals surface area contributed by atoms with E-state index in [1.54, 1.807) is 0 Å². The number of hydrogen-bond donors (Lipinski definition) is 2. The lowest BCUT2D eigenvalue weighted by atomic mass is 9.92. The zero-order valence-corrected chi connectivity index (χ0v) is 11.8. The second-order valence-electron chi connectivity index (χ2n) is 5.04. The van der Waals surface area contributed by atoms with Gasteiger partial charge in [0.15, 0.2) is 6.61 Å². The van der Waals surface area contributed by atoms with E-state index >= 15 is 0 Å². The molecule has 110 valence electrons. The average Bonchev–Trinajstić information content (AvgIpc) is 2.43. The van der Waals surface area contributed by atoms with Crippen molar-refractivity contribution in [2.75, 3.05) is 6.61 Å². The van der Waals surface area contributed by atoms with Gasteiger partial charge in [0.2, 0.25) is 0 Å². The van der Waals surface area contributed by atoms with Crippen LogP contribution in [0.5, 0.6) is 5.75 Å². The molecule has 4 nitrogen and oxygen atoms in total. The van der Waals surface area contributed by atoms with Crippen LogP contribution >= 0.6 is 11.6 Å². The smallest absolute Gasteiger partial charge is 0.258 e. The zero-order valence-electron chi connectivity index (χ0n) is 11.1. The molecule has 1 fully saturated rings. The second-order valence-corrected chi connectivity index (χ2v) is 5.45. The molecule has 0 spiro atoms. The van der Waals surface area contributed by atoms with Crippen molar-refractivity contribution >= 4 is 17.5 Å². The third-order valence-electron chi connectivity index (χ3n) is 3.40. The largest absolute Gasteiger partial charge is 0.484 e. The fourth-order valence-electron chi connectivity index (χ4n) is 2.25. The summed E-state index contributed by atoms with van der Waals surface area (Å²) in [6, 6.07) is 4.42. The molecule has 0 heterocycles. The maximum absolute atomic E-state index is 13.0. The van der Waals surface area contributed by atoms with Gasteiger partial charge in [-0.15, -0.1) is 0 Å². The molecule has 0 aromatic heterocycles. The van der Waals surface area contributed by atoms with Crippen molar-refractivity contribution in [2.24, 2.45) is 5.73 Å². The lowest BCUT2D eigenvalue weighted by molar-refractivity contribution is -0.124. The number of nitrogens with one attached hydrogen (secondary N) is 1. The van der Waals surface area contributed by atoms with Gasteiger partial charge >= 0.3 is 0 Å². The van der Waals surface area contributed by atoms with Gasteiger partial charge in [0.25, 0.3) is 5.91 Å². The molecule has 0 saturated heterocycles. The first-order valence-electron chi connectivity index (χ1n) is 6.67. The average molecular weight is 301 g/mol. The molecule has 1 aromatic carbocycles. The van der Waals surface area contributed by atoms with Crippen molar-refractivity contribution in [2.45, 2.75) is 37.8 Å². The van der Waals surface area contributed by atoms with E-state index in [0.717, 1.165) is 25.7 Å². The summed E-state index contributed by atoms with van der Waals surface area (Å²) < 4.78 is 18.2. The highest BCUT2D eigenvalue weighted by Crippen LogP contribution is 2.21. The number of benzene rings is 1. The maximum atomic E-state index is 13.0. The van der Waals surface area contributed by atoms with Gasteiger partial charge in [0.05, 0.1) is 5.02 Å². The van der Waals surface area contributed by atoms with Gasteiger partial charge < -0.3 is 15.8 Å². The van der Waals surface area contributed by atoms with E-state index in [1.807, 2.05) is 0 Å². The SMILES string of the molecule is N[C@H]1CC[C@H](NC(=O)COc2ccc(F)c(Cl)c2)CC1.